The molecular weight excluding hydrogens is 269 g/mol. The largest absolute Gasteiger partial charge is 0.496 e. The fraction of sp³-hybridized carbons (Fsp3) is 0.0714. The standard InChI is InChI=1S/C14H11Cl2NO/c1-18-14-5-3-2-4-10(14)9-17-11-6-7-12(15)13(16)8-11/h2-9H,1H3. The molecule has 2 rings (SSSR count). The second-order valence-corrected chi connectivity index (χ2v) is 4.41. The normalized spacial score (nSPS) is 10.8. The molecule has 0 fully saturated rings. The molecule has 0 radical (unpaired) electrons. The number of nitrogens with zero attached hydrogens (tertiary/aromatic N) is 1. The highest BCUT2D eigenvalue weighted by Crippen LogP contribution is 2.26. The van der Waals surface area contributed by atoms with Gasteiger partial charge in [0.2, 0.25) is 0 Å². The van der Waals surface area contributed by atoms with Crippen molar-refractivity contribution in [3.8, 4) is 5.75 Å². The van der Waals surface area contributed by atoms with Gasteiger partial charge < -0.3 is 4.74 Å². The van der Waals surface area contributed by atoms with Gasteiger partial charge in [-0.3, -0.25) is 4.99 Å². The van der Waals surface area contributed by atoms with Crippen molar-refractivity contribution in [1.82, 2.24) is 0 Å². The Labute approximate surface area is 116 Å². The van der Waals surface area contributed by atoms with Gasteiger partial charge in [0.05, 0.1) is 22.8 Å². The number of para-hydroxylation sites is 1. The number of ether oxygens (including phenoxy) is 1. The second-order valence-electron chi connectivity index (χ2n) is 3.60. The van der Waals surface area contributed by atoms with Crippen molar-refractivity contribution in [2.75, 3.05) is 7.11 Å². The van der Waals surface area contributed by atoms with Crippen LogP contribution < -0.4 is 4.74 Å². The predicted octanol–water partition coefficient (Wildman–Crippen LogP) is 4.75. The summed E-state index contributed by atoms with van der Waals surface area (Å²) in [5.74, 6) is 0.779. The fourth-order valence-electron chi connectivity index (χ4n) is 1.48. The summed E-state index contributed by atoms with van der Waals surface area (Å²) in [4.78, 5) is 4.34. The van der Waals surface area contributed by atoms with E-state index in [0.29, 0.717) is 10.0 Å². The molecule has 0 unspecified atom stereocenters. The molecule has 0 amide bonds. The van der Waals surface area contributed by atoms with E-state index in [1.165, 1.54) is 0 Å². The summed E-state index contributed by atoms with van der Waals surface area (Å²) in [5.41, 5.74) is 1.65. The average molecular weight is 280 g/mol. The third-order valence-electron chi connectivity index (χ3n) is 2.39. The van der Waals surface area contributed by atoms with Crippen LogP contribution in [0.4, 0.5) is 5.69 Å². The molecule has 0 aliphatic rings. The average Bonchev–Trinajstić information content (AvgIpc) is 2.40. The second kappa shape index (κ2) is 5.89. The maximum atomic E-state index is 5.92. The minimum absolute atomic E-state index is 0.492. The zero-order valence-electron chi connectivity index (χ0n) is 9.73. The Bertz CT molecular complexity index is 582. The van der Waals surface area contributed by atoms with Gasteiger partial charge in [0.1, 0.15) is 5.75 Å². The Balaban J connectivity index is 2.27. The molecule has 0 aromatic heterocycles. The van der Waals surface area contributed by atoms with E-state index in [2.05, 4.69) is 4.99 Å². The maximum Gasteiger partial charge on any atom is 0.127 e. The van der Waals surface area contributed by atoms with Gasteiger partial charge in [0.15, 0.2) is 0 Å². The van der Waals surface area contributed by atoms with Crippen molar-refractivity contribution in [2.24, 2.45) is 4.99 Å². The first-order chi connectivity index (χ1) is 8.70. The van der Waals surface area contributed by atoms with Gasteiger partial charge >= 0.3 is 0 Å². The highest BCUT2D eigenvalue weighted by atomic mass is 35.5. The number of hydrogen-bond acceptors (Lipinski definition) is 2. The Morgan fingerprint density at radius 2 is 1.83 bits per heavy atom. The number of halogens is 2. The first-order valence-corrected chi connectivity index (χ1v) is 6.08. The Morgan fingerprint density at radius 1 is 1.06 bits per heavy atom. The Hall–Kier alpha value is -1.51. The van der Waals surface area contributed by atoms with Gasteiger partial charge in [0, 0.05) is 11.8 Å². The molecule has 0 saturated carbocycles. The highest BCUT2D eigenvalue weighted by molar-refractivity contribution is 6.42. The van der Waals surface area contributed by atoms with E-state index in [0.717, 1.165) is 17.0 Å². The van der Waals surface area contributed by atoms with Crippen molar-refractivity contribution < 1.29 is 4.74 Å². The first kappa shape index (κ1) is 12.9. The molecule has 0 N–H and O–H groups in total. The molecule has 18 heavy (non-hydrogen) atoms. The molecule has 0 spiro atoms. The molecule has 0 heterocycles. The van der Waals surface area contributed by atoms with Crippen molar-refractivity contribution >= 4 is 35.1 Å². The van der Waals surface area contributed by atoms with E-state index in [-0.39, 0.29) is 0 Å². The van der Waals surface area contributed by atoms with Crippen LogP contribution in [0.25, 0.3) is 0 Å². The van der Waals surface area contributed by atoms with Crippen LogP contribution in [0.1, 0.15) is 5.56 Å². The SMILES string of the molecule is COc1ccccc1C=Nc1ccc(Cl)c(Cl)c1. The van der Waals surface area contributed by atoms with E-state index in [4.69, 9.17) is 27.9 Å². The molecule has 0 atom stereocenters. The maximum absolute atomic E-state index is 5.92. The summed E-state index contributed by atoms with van der Waals surface area (Å²) in [6, 6.07) is 12.9. The van der Waals surface area contributed by atoms with Gasteiger partial charge in [-0.05, 0) is 30.3 Å². The summed E-state index contributed by atoms with van der Waals surface area (Å²) in [6.45, 7) is 0. The molecule has 4 heteroatoms. The topological polar surface area (TPSA) is 21.6 Å². The Kier molecular flexibility index (Phi) is 4.24. The number of rotatable bonds is 3. The van der Waals surface area contributed by atoms with E-state index in [1.54, 1.807) is 31.5 Å². The molecule has 0 aliphatic heterocycles. The van der Waals surface area contributed by atoms with E-state index in [1.807, 2.05) is 24.3 Å². The van der Waals surface area contributed by atoms with E-state index in [9.17, 15) is 0 Å². The van der Waals surface area contributed by atoms with Crippen molar-refractivity contribution in [1.29, 1.82) is 0 Å². The molecule has 92 valence electrons. The van der Waals surface area contributed by atoms with Gasteiger partial charge in [0.25, 0.3) is 0 Å². The zero-order chi connectivity index (χ0) is 13.0. The smallest absolute Gasteiger partial charge is 0.127 e. The first-order valence-electron chi connectivity index (χ1n) is 5.33. The minimum Gasteiger partial charge on any atom is -0.496 e. The molecule has 2 nitrogen and oxygen atoms in total. The summed E-state index contributed by atoms with van der Waals surface area (Å²) in [5, 5.41) is 1.01. The van der Waals surface area contributed by atoms with Gasteiger partial charge in [-0.15, -0.1) is 0 Å². The van der Waals surface area contributed by atoms with E-state index < -0.39 is 0 Å². The zero-order valence-corrected chi connectivity index (χ0v) is 11.2. The summed E-state index contributed by atoms with van der Waals surface area (Å²) in [6.07, 6.45) is 1.73. The van der Waals surface area contributed by atoms with Gasteiger partial charge in [-0.2, -0.15) is 0 Å². The van der Waals surface area contributed by atoms with Crippen LogP contribution >= 0.6 is 23.2 Å². The monoisotopic (exact) mass is 279 g/mol. The number of aliphatic imine (C=N–C) groups is 1. The molecule has 0 saturated heterocycles. The Morgan fingerprint density at radius 3 is 2.56 bits per heavy atom. The van der Waals surface area contributed by atoms with Crippen LogP contribution in [0.15, 0.2) is 47.5 Å². The molecule has 0 bridgehead atoms. The van der Waals surface area contributed by atoms with Crippen molar-refractivity contribution in [3.63, 3.8) is 0 Å². The third-order valence-corrected chi connectivity index (χ3v) is 3.13. The van der Waals surface area contributed by atoms with E-state index >= 15 is 0 Å². The minimum atomic E-state index is 0.492. The van der Waals surface area contributed by atoms with Crippen molar-refractivity contribution in [2.45, 2.75) is 0 Å². The molecule has 0 aliphatic carbocycles. The number of benzene rings is 2. The van der Waals surface area contributed by atoms with Gasteiger partial charge in [-0.25, -0.2) is 0 Å². The lowest BCUT2D eigenvalue weighted by molar-refractivity contribution is 0.414. The third kappa shape index (κ3) is 3.03. The predicted molar refractivity (Wildman–Crippen MR) is 76.7 cm³/mol. The summed E-state index contributed by atoms with van der Waals surface area (Å²) < 4.78 is 5.24. The quantitative estimate of drug-likeness (QED) is 0.743. The van der Waals surface area contributed by atoms with Crippen LogP contribution in [-0.2, 0) is 0 Å². The van der Waals surface area contributed by atoms with Crippen LogP contribution in [0.2, 0.25) is 10.0 Å². The lowest BCUT2D eigenvalue weighted by Gasteiger charge is -2.03. The molecule has 2 aromatic rings. The molecular formula is C14H11Cl2NO. The number of methoxy groups -OCH3 is 1. The van der Waals surface area contributed by atoms with Crippen LogP contribution in [0, 0.1) is 0 Å². The fourth-order valence-corrected chi connectivity index (χ4v) is 1.77. The van der Waals surface area contributed by atoms with Crippen LogP contribution in [0.5, 0.6) is 5.75 Å². The summed E-state index contributed by atoms with van der Waals surface area (Å²) >= 11 is 11.8. The lowest BCUT2D eigenvalue weighted by Crippen LogP contribution is -1.89. The van der Waals surface area contributed by atoms with Crippen LogP contribution in [0.3, 0.4) is 0 Å². The van der Waals surface area contributed by atoms with Gasteiger partial charge in [-0.1, -0.05) is 35.3 Å². The molecule has 2 aromatic carbocycles. The number of hydrogen-bond donors (Lipinski definition) is 0. The highest BCUT2D eigenvalue weighted by Gasteiger charge is 1.99. The summed E-state index contributed by atoms with van der Waals surface area (Å²) in [7, 11) is 1.63. The lowest BCUT2D eigenvalue weighted by atomic mass is 10.2. The van der Waals surface area contributed by atoms with Crippen LogP contribution in [-0.4, -0.2) is 13.3 Å². The van der Waals surface area contributed by atoms with Crippen molar-refractivity contribution in [3.05, 3.63) is 58.1 Å².